The summed E-state index contributed by atoms with van der Waals surface area (Å²) in [6, 6.07) is 7.19. The van der Waals surface area contributed by atoms with E-state index < -0.39 is 17.6 Å². The molecule has 0 saturated carbocycles. The summed E-state index contributed by atoms with van der Waals surface area (Å²) in [7, 11) is 0. The van der Waals surface area contributed by atoms with Crippen LogP contribution in [0.5, 0.6) is 0 Å². The van der Waals surface area contributed by atoms with E-state index in [0.29, 0.717) is 0 Å². The Morgan fingerprint density at radius 3 is 2.82 bits per heavy atom. The van der Waals surface area contributed by atoms with Crippen LogP contribution in [0, 0.1) is 5.82 Å². The highest BCUT2D eigenvalue weighted by molar-refractivity contribution is 6.33. The minimum Gasteiger partial charge on any atom is -0.459 e. The maximum Gasteiger partial charge on any atom is 0.287 e. The largest absolute Gasteiger partial charge is 0.459 e. The summed E-state index contributed by atoms with van der Waals surface area (Å²) >= 11 is 5.79. The Balaban J connectivity index is 1.83. The first-order valence-electron chi connectivity index (χ1n) is 6.15. The van der Waals surface area contributed by atoms with Crippen molar-refractivity contribution in [1.82, 2.24) is 10.7 Å². The Kier molecular flexibility index (Phi) is 5.26. The van der Waals surface area contributed by atoms with Gasteiger partial charge in [-0.05, 0) is 24.3 Å². The van der Waals surface area contributed by atoms with Crippen LogP contribution in [0.2, 0.25) is 5.02 Å². The van der Waals surface area contributed by atoms with E-state index in [9.17, 15) is 14.0 Å². The van der Waals surface area contributed by atoms with Crippen molar-refractivity contribution in [1.29, 1.82) is 0 Å². The maximum atomic E-state index is 13.4. The number of hydrogen-bond donors (Lipinski definition) is 2. The average molecular weight is 324 g/mol. The standard InChI is InChI=1S/C14H11ClFN3O3/c15-10-3-1-4-11(16)9(10)7-18-19-13(20)8-17-14(21)12-5-2-6-22-12/h1-7H,8H2,(H,17,21)(H,19,20)/b18-7+. The number of nitrogens with one attached hydrogen (secondary N) is 2. The number of carbonyl (C=O) groups excluding carboxylic acids is 2. The van der Waals surface area contributed by atoms with E-state index in [4.69, 9.17) is 16.0 Å². The number of rotatable bonds is 5. The van der Waals surface area contributed by atoms with E-state index in [1.54, 1.807) is 6.07 Å². The van der Waals surface area contributed by atoms with E-state index in [1.807, 2.05) is 0 Å². The summed E-state index contributed by atoms with van der Waals surface area (Å²) in [4.78, 5) is 23.0. The molecule has 0 aliphatic rings. The molecule has 0 aliphatic heterocycles. The molecule has 2 N–H and O–H groups in total. The number of carbonyl (C=O) groups is 2. The molecule has 8 heteroatoms. The van der Waals surface area contributed by atoms with Crippen molar-refractivity contribution >= 4 is 29.6 Å². The minimum absolute atomic E-state index is 0.0593. The van der Waals surface area contributed by atoms with Gasteiger partial charge < -0.3 is 9.73 Å². The zero-order chi connectivity index (χ0) is 15.9. The third-order valence-corrected chi connectivity index (χ3v) is 2.87. The Labute approximate surface area is 129 Å². The lowest BCUT2D eigenvalue weighted by molar-refractivity contribution is -0.120. The molecule has 0 spiro atoms. The maximum absolute atomic E-state index is 13.4. The van der Waals surface area contributed by atoms with Crippen molar-refractivity contribution in [3.8, 4) is 0 Å². The molecule has 2 aromatic rings. The Morgan fingerprint density at radius 2 is 2.14 bits per heavy atom. The lowest BCUT2D eigenvalue weighted by Crippen LogP contribution is -2.34. The van der Waals surface area contributed by atoms with Crippen molar-refractivity contribution in [2.24, 2.45) is 5.10 Å². The van der Waals surface area contributed by atoms with E-state index in [1.165, 1.54) is 30.5 Å². The number of hydrazone groups is 1. The average Bonchev–Trinajstić information content (AvgIpc) is 3.02. The number of furan rings is 1. The lowest BCUT2D eigenvalue weighted by Gasteiger charge is -2.02. The van der Waals surface area contributed by atoms with Crippen molar-refractivity contribution in [2.75, 3.05) is 6.54 Å². The Bertz CT molecular complexity index is 681. The molecule has 114 valence electrons. The van der Waals surface area contributed by atoms with Crippen LogP contribution in [0.3, 0.4) is 0 Å². The van der Waals surface area contributed by atoms with Crippen LogP contribution in [0.15, 0.2) is 46.1 Å². The van der Waals surface area contributed by atoms with Gasteiger partial charge in [-0.3, -0.25) is 9.59 Å². The molecule has 0 atom stereocenters. The third kappa shape index (κ3) is 4.16. The van der Waals surface area contributed by atoms with Crippen LogP contribution in [0.4, 0.5) is 4.39 Å². The number of benzene rings is 1. The van der Waals surface area contributed by atoms with Gasteiger partial charge in [-0.25, -0.2) is 9.82 Å². The molecular weight excluding hydrogens is 313 g/mol. The van der Waals surface area contributed by atoms with Crippen LogP contribution in [0.25, 0.3) is 0 Å². The van der Waals surface area contributed by atoms with E-state index in [0.717, 1.165) is 6.21 Å². The van der Waals surface area contributed by atoms with Crippen molar-refractivity contribution < 1.29 is 18.4 Å². The summed E-state index contributed by atoms with van der Waals surface area (Å²) in [5, 5.41) is 6.09. The van der Waals surface area contributed by atoms with Crippen LogP contribution in [0.1, 0.15) is 16.1 Å². The predicted molar refractivity (Wildman–Crippen MR) is 78.2 cm³/mol. The second-order valence-corrected chi connectivity index (χ2v) is 4.50. The van der Waals surface area contributed by atoms with Gasteiger partial charge >= 0.3 is 0 Å². The molecule has 2 rings (SSSR count). The first-order valence-corrected chi connectivity index (χ1v) is 6.53. The van der Waals surface area contributed by atoms with Crippen LogP contribution >= 0.6 is 11.6 Å². The monoisotopic (exact) mass is 323 g/mol. The van der Waals surface area contributed by atoms with Gasteiger partial charge in [0.15, 0.2) is 5.76 Å². The first-order chi connectivity index (χ1) is 10.6. The van der Waals surface area contributed by atoms with E-state index in [2.05, 4.69) is 15.8 Å². The summed E-state index contributed by atoms with van der Waals surface area (Å²) in [6.45, 7) is -0.304. The highest BCUT2D eigenvalue weighted by atomic mass is 35.5. The summed E-state index contributed by atoms with van der Waals surface area (Å²) in [6.07, 6.45) is 2.43. The van der Waals surface area contributed by atoms with Crippen molar-refractivity contribution in [2.45, 2.75) is 0 Å². The van der Waals surface area contributed by atoms with Gasteiger partial charge in [0.1, 0.15) is 5.82 Å². The van der Waals surface area contributed by atoms with Crippen LogP contribution in [-0.2, 0) is 4.79 Å². The molecule has 1 heterocycles. The molecule has 2 amide bonds. The SMILES string of the molecule is O=C(CNC(=O)c1ccco1)N/N=C/c1c(F)cccc1Cl. The smallest absolute Gasteiger partial charge is 0.287 e. The molecule has 0 aliphatic carbocycles. The topological polar surface area (TPSA) is 83.7 Å². The van der Waals surface area contributed by atoms with Gasteiger partial charge in [0, 0.05) is 5.56 Å². The molecule has 1 aromatic carbocycles. The number of nitrogens with zero attached hydrogens (tertiary/aromatic N) is 1. The van der Waals surface area contributed by atoms with E-state index in [-0.39, 0.29) is 22.9 Å². The van der Waals surface area contributed by atoms with Gasteiger partial charge in [-0.2, -0.15) is 5.10 Å². The molecule has 1 aromatic heterocycles. The first kappa shape index (κ1) is 15.7. The second kappa shape index (κ2) is 7.37. The molecule has 0 bridgehead atoms. The number of halogens is 2. The lowest BCUT2D eigenvalue weighted by atomic mass is 10.2. The molecule has 0 saturated heterocycles. The van der Waals surface area contributed by atoms with Gasteiger partial charge in [-0.15, -0.1) is 0 Å². The van der Waals surface area contributed by atoms with Gasteiger partial charge in [0.25, 0.3) is 11.8 Å². The highest BCUT2D eigenvalue weighted by Crippen LogP contribution is 2.16. The minimum atomic E-state index is -0.580. The summed E-state index contributed by atoms with van der Waals surface area (Å²) in [5.41, 5.74) is 2.21. The molecule has 6 nitrogen and oxygen atoms in total. The fraction of sp³-hybridized carbons (Fsp3) is 0.0714. The Hall–Kier alpha value is -2.67. The second-order valence-electron chi connectivity index (χ2n) is 4.09. The van der Waals surface area contributed by atoms with Crippen molar-refractivity contribution in [3.63, 3.8) is 0 Å². The number of amides is 2. The van der Waals surface area contributed by atoms with Gasteiger partial charge in [0.2, 0.25) is 0 Å². The van der Waals surface area contributed by atoms with E-state index >= 15 is 0 Å². The quantitative estimate of drug-likeness (QED) is 0.651. The molecule has 0 fully saturated rings. The predicted octanol–water partition coefficient (Wildman–Crippen LogP) is 1.95. The van der Waals surface area contributed by atoms with Crippen LogP contribution in [-0.4, -0.2) is 24.6 Å². The fourth-order valence-corrected chi connectivity index (χ4v) is 1.71. The zero-order valence-corrected chi connectivity index (χ0v) is 11.9. The van der Waals surface area contributed by atoms with Gasteiger partial charge in [0.05, 0.1) is 24.0 Å². The molecule has 0 unspecified atom stereocenters. The molecular formula is C14H11ClFN3O3. The molecule has 0 radical (unpaired) electrons. The normalized spacial score (nSPS) is 10.6. The molecule has 22 heavy (non-hydrogen) atoms. The third-order valence-electron chi connectivity index (χ3n) is 2.54. The van der Waals surface area contributed by atoms with Gasteiger partial charge in [-0.1, -0.05) is 17.7 Å². The Morgan fingerprint density at radius 1 is 1.32 bits per heavy atom. The number of hydrogen-bond acceptors (Lipinski definition) is 4. The summed E-state index contributed by atoms with van der Waals surface area (Å²) < 4.78 is 18.3. The summed E-state index contributed by atoms with van der Waals surface area (Å²) in [5.74, 6) is -1.57. The van der Waals surface area contributed by atoms with Crippen LogP contribution < -0.4 is 10.7 Å². The zero-order valence-electron chi connectivity index (χ0n) is 11.2. The van der Waals surface area contributed by atoms with Crippen molar-refractivity contribution in [3.05, 3.63) is 58.8 Å². The fourth-order valence-electron chi connectivity index (χ4n) is 1.50. The highest BCUT2D eigenvalue weighted by Gasteiger charge is 2.09.